The van der Waals surface area contributed by atoms with E-state index < -0.39 is 0 Å². The zero-order valence-corrected chi connectivity index (χ0v) is 12.5. The van der Waals surface area contributed by atoms with Crippen molar-refractivity contribution in [1.82, 2.24) is 0 Å². The van der Waals surface area contributed by atoms with Crippen molar-refractivity contribution in [3.8, 4) is 5.75 Å². The number of hydrogen-bond donors (Lipinski definition) is 1. The normalized spacial score (nSPS) is 9.91. The van der Waals surface area contributed by atoms with Crippen LogP contribution in [0, 0.1) is 0 Å². The highest BCUT2D eigenvalue weighted by Crippen LogP contribution is 2.18. The fourth-order valence-electron chi connectivity index (χ4n) is 1.89. The summed E-state index contributed by atoms with van der Waals surface area (Å²) in [6.07, 6.45) is 0. The summed E-state index contributed by atoms with van der Waals surface area (Å²) in [6.45, 7) is 1.82. The van der Waals surface area contributed by atoms with Crippen molar-refractivity contribution in [1.29, 1.82) is 0 Å². The van der Waals surface area contributed by atoms with E-state index in [1.165, 1.54) is 14.0 Å². The van der Waals surface area contributed by atoms with Crippen LogP contribution in [0.2, 0.25) is 0 Å². The molecule has 114 valence electrons. The van der Waals surface area contributed by atoms with E-state index in [1.807, 2.05) is 18.2 Å². The highest BCUT2D eigenvalue weighted by atomic mass is 16.5. The van der Waals surface area contributed by atoms with Crippen molar-refractivity contribution in [2.24, 2.45) is 0 Å². The molecule has 0 aliphatic carbocycles. The molecule has 1 amide bonds. The number of rotatable bonds is 5. The quantitative estimate of drug-likeness (QED) is 0.862. The molecule has 2 rings (SSSR count). The van der Waals surface area contributed by atoms with Gasteiger partial charge in [-0.05, 0) is 29.8 Å². The number of carbonyl (C=O) groups excluding carboxylic acids is 2. The SMILES string of the molecule is COC(=O)c1ccc(COc2cccc(NC(C)=O)c2)cc1. The van der Waals surface area contributed by atoms with Gasteiger partial charge in [-0.2, -0.15) is 0 Å². The zero-order chi connectivity index (χ0) is 15.9. The number of benzene rings is 2. The van der Waals surface area contributed by atoms with Crippen LogP contribution in [0.3, 0.4) is 0 Å². The first kappa shape index (κ1) is 15.6. The fourth-order valence-corrected chi connectivity index (χ4v) is 1.89. The lowest BCUT2D eigenvalue weighted by Crippen LogP contribution is -2.05. The molecule has 2 aromatic rings. The summed E-state index contributed by atoms with van der Waals surface area (Å²) in [5.74, 6) is 0.161. The van der Waals surface area contributed by atoms with Crippen molar-refractivity contribution < 1.29 is 19.1 Å². The van der Waals surface area contributed by atoms with Crippen molar-refractivity contribution in [2.45, 2.75) is 13.5 Å². The lowest BCUT2D eigenvalue weighted by Gasteiger charge is -2.09. The maximum Gasteiger partial charge on any atom is 0.337 e. The van der Waals surface area contributed by atoms with Crippen LogP contribution in [0.15, 0.2) is 48.5 Å². The largest absolute Gasteiger partial charge is 0.489 e. The number of methoxy groups -OCH3 is 1. The first-order valence-electron chi connectivity index (χ1n) is 6.76. The Hall–Kier alpha value is -2.82. The molecule has 0 fully saturated rings. The van der Waals surface area contributed by atoms with Crippen LogP contribution in [-0.2, 0) is 16.1 Å². The Kier molecular flexibility index (Phi) is 5.14. The second-order valence-corrected chi connectivity index (χ2v) is 4.69. The van der Waals surface area contributed by atoms with Crippen LogP contribution in [0.25, 0.3) is 0 Å². The van der Waals surface area contributed by atoms with Gasteiger partial charge >= 0.3 is 5.97 Å². The van der Waals surface area contributed by atoms with Crippen molar-refractivity contribution in [3.63, 3.8) is 0 Å². The van der Waals surface area contributed by atoms with E-state index in [2.05, 4.69) is 10.1 Å². The number of hydrogen-bond acceptors (Lipinski definition) is 4. The van der Waals surface area contributed by atoms with Crippen LogP contribution < -0.4 is 10.1 Å². The van der Waals surface area contributed by atoms with E-state index in [0.29, 0.717) is 23.6 Å². The van der Waals surface area contributed by atoms with Gasteiger partial charge in [0.2, 0.25) is 5.91 Å². The van der Waals surface area contributed by atoms with Gasteiger partial charge in [0.15, 0.2) is 0 Å². The smallest absolute Gasteiger partial charge is 0.337 e. The number of anilines is 1. The summed E-state index contributed by atoms with van der Waals surface area (Å²) in [5.41, 5.74) is 2.11. The third kappa shape index (κ3) is 4.34. The van der Waals surface area contributed by atoms with E-state index in [4.69, 9.17) is 4.74 Å². The van der Waals surface area contributed by atoms with Crippen LogP contribution in [0.5, 0.6) is 5.75 Å². The molecular weight excluding hydrogens is 282 g/mol. The Bertz CT molecular complexity index is 665. The molecule has 0 aliphatic heterocycles. The second-order valence-electron chi connectivity index (χ2n) is 4.69. The van der Waals surface area contributed by atoms with Gasteiger partial charge in [-0.15, -0.1) is 0 Å². The average molecular weight is 299 g/mol. The summed E-state index contributed by atoms with van der Waals surface area (Å²) in [4.78, 5) is 22.4. The maximum atomic E-state index is 11.3. The lowest BCUT2D eigenvalue weighted by atomic mass is 10.1. The fraction of sp³-hybridized carbons (Fsp3) is 0.176. The molecule has 0 unspecified atom stereocenters. The van der Waals surface area contributed by atoms with Crippen molar-refractivity contribution in [2.75, 3.05) is 12.4 Å². The van der Waals surface area contributed by atoms with Crippen LogP contribution in [0.1, 0.15) is 22.8 Å². The molecule has 2 aromatic carbocycles. The molecule has 0 bridgehead atoms. The number of nitrogens with one attached hydrogen (secondary N) is 1. The second kappa shape index (κ2) is 7.26. The van der Waals surface area contributed by atoms with Gasteiger partial charge in [-0.25, -0.2) is 4.79 Å². The van der Waals surface area contributed by atoms with Gasteiger partial charge in [0.25, 0.3) is 0 Å². The monoisotopic (exact) mass is 299 g/mol. The minimum absolute atomic E-state index is 0.129. The van der Waals surface area contributed by atoms with Crippen molar-refractivity contribution in [3.05, 3.63) is 59.7 Å². The summed E-state index contributed by atoms with van der Waals surface area (Å²) in [7, 11) is 1.35. The van der Waals surface area contributed by atoms with Crippen LogP contribution in [-0.4, -0.2) is 19.0 Å². The first-order chi connectivity index (χ1) is 10.6. The molecule has 5 nitrogen and oxygen atoms in total. The van der Waals surface area contributed by atoms with E-state index in [1.54, 1.807) is 30.3 Å². The van der Waals surface area contributed by atoms with Gasteiger partial charge in [0, 0.05) is 18.7 Å². The number of esters is 1. The minimum atomic E-state index is -0.365. The van der Waals surface area contributed by atoms with E-state index in [0.717, 1.165) is 5.56 Å². The van der Waals surface area contributed by atoms with Gasteiger partial charge in [-0.3, -0.25) is 4.79 Å². The number of carbonyl (C=O) groups is 2. The molecule has 0 saturated heterocycles. The van der Waals surface area contributed by atoms with E-state index in [9.17, 15) is 9.59 Å². The van der Waals surface area contributed by atoms with Crippen LogP contribution >= 0.6 is 0 Å². The number of amides is 1. The summed E-state index contributed by atoms with van der Waals surface area (Å²) >= 11 is 0. The average Bonchev–Trinajstić information content (AvgIpc) is 2.52. The van der Waals surface area contributed by atoms with Gasteiger partial charge in [0.1, 0.15) is 12.4 Å². The maximum absolute atomic E-state index is 11.3. The highest BCUT2D eigenvalue weighted by Gasteiger charge is 2.05. The molecule has 22 heavy (non-hydrogen) atoms. The van der Waals surface area contributed by atoms with E-state index >= 15 is 0 Å². The summed E-state index contributed by atoms with van der Waals surface area (Å²) in [6, 6.07) is 14.2. The van der Waals surface area contributed by atoms with Gasteiger partial charge in [0.05, 0.1) is 12.7 Å². The standard InChI is InChI=1S/C17H17NO4/c1-12(19)18-15-4-3-5-16(10-15)22-11-13-6-8-14(9-7-13)17(20)21-2/h3-10H,11H2,1-2H3,(H,18,19). The van der Waals surface area contributed by atoms with Crippen LogP contribution in [0.4, 0.5) is 5.69 Å². The van der Waals surface area contributed by atoms with Gasteiger partial charge < -0.3 is 14.8 Å². The Morgan fingerprint density at radius 3 is 2.45 bits per heavy atom. The zero-order valence-electron chi connectivity index (χ0n) is 12.5. The molecule has 5 heteroatoms. The molecule has 0 aliphatic rings. The van der Waals surface area contributed by atoms with Gasteiger partial charge in [-0.1, -0.05) is 18.2 Å². The molecule has 0 atom stereocenters. The molecule has 0 spiro atoms. The number of ether oxygens (including phenoxy) is 2. The van der Waals surface area contributed by atoms with E-state index in [-0.39, 0.29) is 11.9 Å². The molecule has 0 heterocycles. The summed E-state index contributed by atoms with van der Waals surface area (Å²) < 4.78 is 10.3. The highest BCUT2D eigenvalue weighted by molar-refractivity contribution is 5.89. The molecular formula is C17H17NO4. The molecule has 0 saturated carbocycles. The molecule has 0 radical (unpaired) electrons. The van der Waals surface area contributed by atoms with Crippen molar-refractivity contribution >= 4 is 17.6 Å². The summed E-state index contributed by atoms with van der Waals surface area (Å²) in [5, 5.41) is 2.70. The predicted octanol–water partition coefficient (Wildman–Crippen LogP) is 3.01. The first-order valence-corrected chi connectivity index (χ1v) is 6.76. The topological polar surface area (TPSA) is 64.6 Å². The Labute approximate surface area is 128 Å². The Balaban J connectivity index is 1.98. The Morgan fingerprint density at radius 2 is 1.82 bits per heavy atom. The predicted molar refractivity (Wildman–Crippen MR) is 82.9 cm³/mol. The third-order valence-electron chi connectivity index (χ3n) is 2.93. The minimum Gasteiger partial charge on any atom is -0.489 e. The molecule has 1 N–H and O–H groups in total. The third-order valence-corrected chi connectivity index (χ3v) is 2.93. The Morgan fingerprint density at radius 1 is 1.09 bits per heavy atom. The lowest BCUT2D eigenvalue weighted by molar-refractivity contribution is -0.114. The molecule has 0 aromatic heterocycles.